The Morgan fingerprint density at radius 1 is 1.05 bits per heavy atom. The third-order valence-corrected chi connectivity index (χ3v) is 3.25. The first-order valence-electron chi connectivity index (χ1n) is 6.24. The minimum absolute atomic E-state index is 0.248. The Labute approximate surface area is 115 Å². The lowest BCUT2D eigenvalue weighted by Gasteiger charge is -2.12. The van der Waals surface area contributed by atoms with Crippen LogP contribution in [0.2, 0.25) is 0 Å². The van der Waals surface area contributed by atoms with E-state index in [2.05, 4.69) is 6.58 Å². The summed E-state index contributed by atoms with van der Waals surface area (Å²) in [5.41, 5.74) is 1.10. The second-order valence-electron chi connectivity index (χ2n) is 4.45. The maximum absolute atomic E-state index is 14.0. The average molecular weight is 265 g/mol. The fraction of sp³-hybridized carbons (Fsp3) is 0. The SMILES string of the molecule is C=Cc1cc2ccccc2n(-c2ccccc2F)c1=O. The van der Waals surface area contributed by atoms with Crippen molar-refractivity contribution < 1.29 is 4.39 Å². The Kier molecular flexibility index (Phi) is 2.95. The summed E-state index contributed by atoms with van der Waals surface area (Å²) >= 11 is 0. The third kappa shape index (κ3) is 1.84. The van der Waals surface area contributed by atoms with Gasteiger partial charge >= 0.3 is 0 Å². The Bertz CT molecular complexity index is 864. The van der Waals surface area contributed by atoms with Crippen LogP contribution >= 0.6 is 0 Å². The zero-order chi connectivity index (χ0) is 14.1. The number of fused-ring (bicyclic) bond motifs is 1. The van der Waals surface area contributed by atoms with Gasteiger partial charge in [0, 0.05) is 5.56 Å². The van der Waals surface area contributed by atoms with Crippen LogP contribution < -0.4 is 5.56 Å². The number of nitrogens with zero attached hydrogens (tertiary/aromatic N) is 1. The highest BCUT2D eigenvalue weighted by Crippen LogP contribution is 2.19. The van der Waals surface area contributed by atoms with Crippen molar-refractivity contribution in [1.29, 1.82) is 0 Å². The zero-order valence-corrected chi connectivity index (χ0v) is 10.7. The molecule has 0 atom stereocenters. The van der Waals surface area contributed by atoms with E-state index in [9.17, 15) is 9.18 Å². The van der Waals surface area contributed by atoms with Gasteiger partial charge in [-0.25, -0.2) is 4.39 Å². The van der Waals surface area contributed by atoms with Gasteiger partial charge in [-0.2, -0.15) is 0 Å². The molecule has 0 bridgehead atoms. The van der Waals surface area contributed by atoms with E-state index < -0.39 is 5.82 Å². The summed E-state index contributed by atoms with van der Waals surface area (Å²) < 4.78 is 15.4. The quantitative estimate of drug-likeness (QED) is 0.691. The first-order valence-corrected chi connectivity index (χ1v) is 6.24. The Morgan fingerprint density at radius 2 is 1.75 bits per heavy atom. The molecule has 1 aromatic heterocycles. The number of hydrogen-bond donors (Lipinski definition) is 0. The van der Waals surface area contributed by atoms with Crippen molar-refractivity contribution in [2.45, 2.75) is 0 Å². The van der Waals surface area contributed by atoms with Crippen molar-refractivity contribution in [2.75, 3.05) is 0 Å². The van der Waals surface area contributed by atoms with Crippen LogP contribution in [0.3, 0.4) is 0 Å². The number of para-hydroxylation sites is 2. The van der Waals surface area contributed by atoms with E-state index in [-0.39, 0.29) is 11.2 Å². The molecule has 0 unspecified atom stereocenters. The number of pyridine rings is 1. The summed E-state index contributed by atoms with van der Waals surface area (Å²) in [6.07, 6.45) is 1.49. The van der Waals surface area contributed by atoms with Crippen LogP contribution in [0.5, 0.6) is 0 Å². The third-order valence-electron chi connectivity index (χ3n) is 3.25. The van der Waals surface area contributed by atoms with E-state index in [1.807, 2.05) is 18.2 Å². The second kappa shape index (κ2) is 4.78. The van der Waals surface area contributed by atoms with Gasteiger partial charge in [-0.1, -0.05) is 43.0 Å². The maximum atomic E-state index is 14.0. The molecule has 0 aliphatic rings. The number of aromatic nitrogens is 1. The Hall–Kier alpha value is -2.68. The topological polar surface area (TPSA) is 22.0 Å². The molecule has 2 nitrogen and oxygen atoms in total. The average Bonchev–Trinajstić information content (AvgIpc) is 2.48. The lowest BCUT2D eigenvalue weighted by Crippen LogP contribution is -2.21. The van der Waals surface area contributed by atoms with E-state index in [4.69, 9.17) is 0 Å². The molecule has 98 valence electrons. The number of halogens is 1. The molecule has 0 fully saturated rings. The minimum Gasteiger partial charge on any atom is -0.273 e. The highest BCUT2D eigenvalue weighted by molar-refractivity contribution is 5.82. The van der Waals surface area contributed by atoms with Gasteiger partial charge < -0.3 is 0 Å². The Balaban J connectivity index is 2.51. The van der Waals surface area contributed by atoms with Crippen molar-refractivity contribution in [3.8, 4) is 5.69 Å². The monoisotopic (exact) mass is 265 g/mol. The van der Waals surface area contributed by atoms with E-state index in [1.165, 1.54) is 16.7 Å². The van der Waals surface area contributed by atoms with Crippen LogP contribution in [-0.4, -0.2) is 4.57 Å². The summed E-state index contributed by atoms with van der Waals surface area (Å²) in [6.45, 7) is 3.65. The van der Waals surface area contributed by atoms with Gasteiger partial charge in [-0.15, -0.1) is 0 Å². The van der Waals surface area contributed by atoms with Gasteiger partial charge in [0.15, 0.2) is 0 Å². The predicted molar refractivity (Wildman–Crippen MR) is 79.6 cm³/mol. The Morgan fingerprint density at radius 3 is 2.50 bits per heavy atom. The first kappa shape index (κ1) is 12.4. The molecular formula is C17H12FNO. The molecule has 0 N–H and O–H groups in total. The molecule has 3 heteroatoms. The second-order valence-corrected chi connectivity index (χ2v) is 4.45. The summed E-state index contributed by atoms with van der Waals surface area (Å²) in [7, 11) is 0. The van der Waals surface area contributed by atoms with Crippen LogP contribution in [0.1, 0.15) is 5.56 Å². The molecule has 2 aromatic carbocycles. The fourth-order valence-electron chi connectivity index (χ4n) is 2.30. The van der Waals surface area contributed by atoms with Gasteiger partial charge in [-0.05, 0) is 29.7 Å². The van der Waals surface area contributed by atoms with Gasteiger partial charge in [0.1, 0.15) is 5.82 Å². The van der Waals surface area contributed by atoms with Crippen LogP contribution in [0.15, 0.2) is 66.0 Å². The van der Waals surface area contributed by atoms with E-state index in [1.54, 1.807) is 30.3 Å². The van der Waals surface area contributed by atoms with Crippen molar-refractivity contribution in [1.82, 2.24) is 4.57 Å². The maximum Gasteiger partial charge on any atom is 0.262 e. The fourth-order valence-corrected chi connectivity index (χ4v) is 2.30. The number of hydrogen-bond acceptors (Lipinski definition) is 1. The molecule has 0 amide bonds. The molecule has 3 rings (SSSR count). The van der Waals surface area contributed by atoms with E-state index in [0.717, 1.165) is 5.39 Å². The van der Waals surface area contributed by atoms with Crippen LogP contribution in [-0.2, 0) is 0 Å². The normalized spacial score (nSPS) is 10.7. The van der Waals surface area contributed by atoms with Crippen molar-refractivity contribution in [3.05, 3.63) is 82.9 Å². The molecule has 0 aliphatic carbocycles. The van der Waals surface area contributed by atoms with Gasteiger partial charge in [-0.3, -0.25) is 9.36 Å². The molecule has 0 saturated carbocycles. The summed E-state index contributed by atoms with van der Waals surface area (Å²) in [4.78, 5) is 12.5. The molecule has 20 heavy (non-hydrogen) atoms. The number of rotatable bonds is 2. The van der Waals surface area contributed by atoms with Gasteiger partial charge in [0.05, 0.1) is 11.2 Å². The van der Waals surface area contributed by atoms with E-state index >= 15 is 0 Å². The molecule has 1 heterocycles. The predicted octanol–water partition coefficient (Wildman–Crippen LogP) is 3.77. The lowest BCUT2D eigenvalue weighted by molar-refractivity contribution is 0.618. The molecular weight excluding hydrogens is 253 g/mol. The van der Waals surface area contributed by atoms with Crippen molar-refractivity contribution >= 4 is 17.0 Å². The molecule has 0 spiro atoms. The van der Waals surface area contributed by atoms with Crippen LogP contribution in [0, 0.1) is 5.82 Å². The van der Waals surface area contributed by atoms with Gasteiger partial charge in [0.25, 0.3) is 5.56 Å². The summed E-state index contributed by atoms with van der Waals surface area (Å²) in [5.74, 6) is -0.430. The standard InChI is InChI=1S/C17H12FNO/c1-2-12-11-13-7-3-5-9-15(13)19(17(12)20)16-10-6-4-8-14(16)18/h2-11H,1H2. The van der Waals surface area contributed by atoms with Crippen LogP contribution in [0.25, 0.3) is 22.7 Å². The highest BCUT2D eigenvalue weighted by atomic mass is 19.1. The van der Waals surface area contributed by atoms with Crippen molar-refractivity contribution in [3.63, 3.8) is 0 Å². The minimum atomic E-state index is -0.430. The summed E-state index contributed by atoms with van der Waals surface area (Å²) in [6, 6.07) is 15.4. The highest BCUT2D eigenvalue weighted by Gasteiger charge is 2.11. The smallest absolute Gasteiger partial charge is 0.262 e. The molecule has 0 radical (unpaired) electrons. The lowest BCUT2D eigenvalue weighted by atomic mass is 10.1. The molecule has 0 aliphatic heterocycles. The number of benzene rings is 2. The zero-order valence-electron chi connectivity index (χ0n) is 10.7. The van der Waals surface area contributed by atoms with Crippen LogP contribution in [0.4, 0.5) is 4.39 Å². The van der Waals surface area contributed by atoms with Gasteiger partial charge in [0.2, 0.25) is 0 Å². The first-order chi connectivity index (χ1) is 9.72. The summed E-state index contributed by atoms with van der Waals surface area (Å²) in [5, 5.41) is 0.866. The van der Waals surface area contributed by atoms with Crippen molar-refractivity contribution in [2.24, 2.45) is 0 Å². The van der Waals surface area contributed by atoms with E-state index in [0.29, 0.717) is 11.1 Å². The molecule has 0 saturated heterocycles. The largest absolute Gasteiger partial charge is 0.273 e. The molecule has 3 aromatic rings.